The topological polar surface area (TPSA) is 52.0 Å². The highest BCUT2D eigenvalue weighted by Crippen LogP contribution is 2.20. The first-order chi connectivity index (χ1) is 7.70. The van der Waals surface area contributed by atoms with E-state index in [1.165, 1.54) is 12.3 Å². The van der Waals surface area contributed by atoms with Crippen LogP contribution in [0.4, 0.5) is 8.78 Å². The van der Waals surface area contributed by atoms with Crippen molar-refractivity contribution >= 4 is 0 Å². The molecule has 0 fully saturated rings. The Morgan fingerprint density at radius 3 is 2.75 bits per heavy atom. The molecule has 1 aromatic heterocycles. The molecule has 2 aromatic rings. The lowest BCUT2D eigenvalue weighted by atomic mass is 10.2. The number of rotatable bonds is 3. The fourth-order valence-corrected chi connectivity index (χ4v) is 1.33. The Morgan fingerprint density at radius 1 is 1.25 bits per heavy atom. The average molecular weight is 224 g/mol. The largest absolute Gasteiger partial charge is 0.444 e. The monoisotopic (exact) mass is 224 g/mol. The maximum atomic E-state index is 13.0. The number of benzene rings is 1. The van der Waals surface area contributed by atoms with Gasteiger partial charge in [-0.1, -0.05) is 0 Å². The van der Waals surface area contributed by atoms with Gasteiger partial charge in [-0.25, -0.2) is 13.8 Å². The van der Waals surface area contributed by atoms with Crippen molar-refractivity contribution in [3.8, 4) is 11.5 Å². The SMILES string of the molecule is NCCc1coc(-c2ccc(F)c(F)c2)n1. The van der Waals surface area contributed by atoms with Gasteiger partial charge in [0, 0.05) is 12.0 Å². The van der Waals surface area contributed by atoms with Gasteiger partial charge in [0.1, 0.15) is 6.26 Å². The number of halogens is 2. The van der Waals surface area contributed by atoms with Crippen LogP contribution < -0.4 is 5.73 Å². The summed E-state index contributed by atoms with van der Waals surface area (Å²) in [5, 5.41) is 0. The summed E-state index contributed by atoms with van der Waals surface area (Å²) in [6.45, 7) is 0.462. The predicted molar refractivity (Wildman–Crippen MR) is 54.6 cm³/mol. The van der Waals surface area contributed by atoms with Crippen LogP contribution in [-0.4, -0.2) is 11.5 Å². The first kappa shape index (κ1) is 10.8. The van der Waals surface area contributed by atoms with Crippen LogP contribution in [0.15, 0.2) is 28.9 Å². The van der Waals surface area contributed by atoms with E-state index in [1.807, 2.05) is 0 Å². The lowest BCUT2D eigenvalue weighted by molar-refractivity contribution is 0.507. The van der Waals surface area contributed by atoms with Crippen molar-refractivity contribution in [1.29, 1.82) is 0 Å². The second kappa shape index (κ2) is 4.40. The number of aromatic nitrogens is 1. The van der Waals surface area contributed by atoms with Crippen LogP contribution in [0, 0.1) is 11.6 Å². The molecule has 3 nitrogen and oxygen atoms in total. The van der Waals surface area contributed by atoms with Gasteiger partial charge in [-0.15, -0.1) is 0 Å². The van der Waals surface area contributed by atoms with Gasteiger partial charge in [0.25, 0.3) is 0 Å². The van der Waals surface area contributed by atoms with Crippen molar-refractivity contribution in [2.24, 2.45) is 5.73 Å². The summed E-state index contributed by atoms with van der Waals surface area (Å²) >= 11 is 0. The van der Waals surface area contributed by atoms with Crippen molar-refractivity contribution in [2.75, 3.05) is 6.54 Å². The molecule has 0 aliphatic rings. The fraction of sp³-hybridized carbons (Fsp3) is 0.182. The van der Waals surface area contributed by atoms with Gasteiger partial charge >= 0.3 is 0 Å². The van der Waals surface area contributed by atoms with Gasteiger partial charge in [0.05, 0.1) is 5.69 Å². The van der Waals surface area contributed by atoms with Crippen molar-refractivity contribution in [3.63, 3.8) is 0 Å². The molecule has 1 aromatic carbocycles. The molecule has 0 aliphatic carbocycles. The minimum atomic E-state index is -0.920. The Hall–Kier alpha value is -1.75. The molecular weight excluding hydrogens is 214 g/mol. The smallest absolute Gasteiger partial charge is 0.226 e. The van der Waals surface area contributed by atoms with E-state index >= 15 is 0 Å². The summed E-state index contributed by atoms with van der Waals surface area (Å²) in [6.07, 6.45) is 2.05. The molecular formula is C11H10F2N2O. The zero-order valence-corrected chi connectivity index (χ0v) is 8.41. The van der Waals surface area contributed by atoms with Gasteiger partial charge in [-0.2, -0.15) is 0 Å². The lowest BCUT2D eigenvalue weighted by Gasteiger charge is -1.96. The van der Waals surface area contributed by atoms with Gasteiger partial charge in [-0.05, 0) is 24.7 Å². The minimum Gasteiger partial charge on any atom is -0.444 e. The third-order valence-corrected chi connectivity index (χ3v) is 2.12. The molecule has 0 saturated carbocycles. The van der Waals surface area contributed by atoms with E-state index in [-0.39, 0.29) is 5.89 Å². The Labute approximate surface area is 90.9 Å². The van der Waals surface area contributed by atoms with E-state index in [0.29, 0.717) is 24.2 Å². The molecule has 0 unspecified atom stereocenters. The molecule has 2 N–H and O–H groups in total. The predicted octanol–water partition coefficient (Wildman–Crippen LogP) is 2.12. The third-order valence-electron chi connectivity index (χ3n) is 2.12. The van der Waals surface area contributed by atoms with Crippen LogP contribution in [0.25, 0.3) is 11.5 Å². The van der Waals surface area contributed by atoms with E-state index in [2.05, 4.69) is 4.98 Å². The van der Waals surface area contributed by atoms with E-state index in [0.717, 1.165) is 12.1 Å². The highest BCUT2D eigenvalue weighted by molar-refractivity contribution is 5.53. The van der Waals surface area contributed by atoms with Crippen molar-refractivity contribution < 1.29 is 13.2 Å². The Balaban J connectivity index is 2.31. The molecule has 0 saturated heterocycles. The molecule has 2 rings (SSSR count). The molecule has 1 heterocycles. The number of nitrogens with two attached hydrogens (primary N) is 1. The van der Waals surface area contributed by atoms with E-state index in [4.69, 9.17) is 10.2 Å². The van der Waals surface area contributed by atoms with Crippen LogP contribution in [0.3, 0.4) is 0 Å². The van der Waals surface area contributed by atoms with Crippen molar-refractivity contribution in [1.82, 2.24) is 4.98 Å². The number of nitrogens with zero attached hydrogens (tertiary/aromatic N) is 1. The molecule has 0 radical (unpaired) electrons. The summed E-state index contributed by atoms with van der Waals surface area (Å²) in [5.41, 5.74) is 6.46. The summed E-state index contributed by atoms with van der Waals surface area (Å²) in [4.78, 5) is 4.11. The lowest BCUT2D eigenvalue weighted by Crippen LogP contribution is -2.02. The molecule has 0 spiro atoms. The Kier molecular flexibility index (Phi) is 2.96. The van der Waals surface area contributed by atoms with E-state index in [9.17, 15) is 8.78 Å². The number of oxazole rings is 1. The van der Waals surface area contributed by atoms with Crippen LogP contribution in [0.5, 0.6) is 0 Å². The summed E-state index contributed by atoms with van der Waals surface area (Å²) in [5.74, 6) is -1.55. The standard InChI is InChI=1S/C11H10F2N2O/c12-9-2-1-7(5-10(9)13)11-15-8(3-4-14)6-16-11/h1-2,5-6H,3-4,14H2. The second-order valence-electron chi connectivity index (χ2n) is 3.31. The van der Waals surface area contributed by atoms with E-state index < -0.39 is 11.6 Å². The van der Waals surface area contributed by atoms with Crippen LogP contribution in [0.2, 0.25) is 0 Å². The van der Waals surface area contributed by atoms with Crippen LogP contribution in [-0.2, 0) is 6.42 Å². The Morgan fingerprint density at radius 2 is 2.06 bits per heavy atom. The summed E-state index contributed by atoms with van der Waals surface area (Å²) < 4.78 is 30.8. The van der Waals surface area contributed by atoms with Crippen molar-refractivity contribution in [3.05, 3.63) is 41.8 Å². The third kappa shape index (κ3) is 2.09. The van der Waals surface area contributed by atoms with E-state index in [1.54, 1.807) is 0 Å². The zero-order valence-electron chi connectivity index (χ0n) is 8.41. The van der Waals surface area contributed by atoms with Crippen LogP contribution >= 0.6 is 0 Å². The molecule has 0 amide bonds. The molecule has 0 aliphatic heterocycles. The average Bonchev–Trinajstić information content (AvgIpc) is 2.71. The van der Waals surface area contributed by atoms with Gasteiger partial charge in [0.2, 0.25) is 5.89 Å². The highest BCUT2D eigenvalue weighted by Gasteiger charge is 2.09. The van der Waals surface area contributed by atoms with Gasteiger partial charge in [0.15, 0.2) is 11.6 Å². The normalized spacial score (nSPS) is 10.7. The quantitative estimate of drug-likeness (QED) is 0.868. The summed E-state index contributed by atoms with van der Waals surface area (Å²) in [6, 6.07) is 3.50. The van der Waals surface area contributed by atoms with Gasteiger partial charge in [-0.3, -0.25) is 0 Å². The molecule has 0 bridgehead atoms. The summed E-state index contributed by atoms with van der Waals surface area (Å²) in [7, 11) is 0. The maximum Gasteiger partial charge on any atom is 0.226 e. The first-order valence-electron chi connectivity index (χ1n) is 4.80. The molecule has 84 valence electrons. The maximum absolute atomic E-state index is 13.0. The van der Waals surface area contributed by atoms with Crippen LogP contribution in [0.1, 0.15) is 5.69 Å². The second-order valence-corrected chi connectivity index (χ2v) is 3.31. The molecule has 0 atom stereocenters. The Bertz CT molecular complexity index is 496. The highest BCUT2D eigenvalue weighted by atomic mass is 19.2. The number of hydrogen-bond donors (Lipinski definition) is 1. The molecule has 5 heteroatoms. The fourth-order valence-electron chi connectivity index (χ4n) is 1.33. The minimum absolute atomic E-state index is 0.266. The number of hydrogen-bond acceptors (Lipinski definition) is 3. The zero-order chi connectivity index (χ0) is 11.5. The van der Waals surface area contributed by atoms with Gasteiger partial charge < -0.3 is 10.2 Å². The first-order valence-corrected chi connectivity index (χ1v) is 4.80. The molecule has 16 heavy (non-hydrogen) atoms. The van der Waals surface area contributed by atoms with Crippen molar-refractivity contribution in [2.45, 2.75) is 6.42 Å².